The van der Waals surface area contributed by atoms with E-state index in [4.69, 9.17) is 9.47 Å². The summed E-state index contributed by atoms with van der Waals surface area (Å²) >= 11 is 0. The third-order valence-electron chi connectivity index (χ3n) is 4.49. The van der Waals surface area contributed by atoms with E-state index in [1.54, 1.807) is 25.4 Å². The number of aromatic nitrogens is 4. The Balaban J connectivity index is 1.54. The van der Waals surface area contributed by atoms with E-state index in [-0.39, 0.29) is 18.5 Å². The third kappa shape index (κ3) is 4.22. The molecule has 4 rings (SSSR count). The van der Waals surface area contributed by atoms with Crippen LogP contribution in [0.25, 0.3) is 16.9 Å². The molecular weight excluding hydrogens is 382 g/mol. The first kappa shape index (κ1) is 19.4. The summed E-state index contributed by atoms with van der Waals surface area (Å²) in [5.41, 5.74) is 4.94. The summed E-state index contributed by atoms with van der Waals surface area (Å²) in [6.07, 6.45) is 5.50. The van der Waals surface area contributed by atoms with Crippen LogP contribution in [-0.2, 0) is 4.79 Å². The van der Waals surface area contributed by atoms with Crippen molar-refractivity contribution in [2.24, 2.45) is 0 Å². The van der Waals surface area contributed by atoms with Crippen LogP contribution in [0.2, 0.25) is 0 Å². The van der Waals surface area contributed by atoms with E-state index in [2.05, 4.69) is 20.3 Å². The fraction of sp³-hybridized carbons (Fsp3) is 0.182. The second-order valence-electron chi connectivity index (χ2n) is 6.83. The molecule has 0 unspecified atom stereocenters. The fourth-order valence-electron chi connectivity index (χ4n) is 3.00. The van der Waals surface area contributed by atoms with Gasteiger partial charge in [-0.2, -0.15) is 0 Å². The van der Waals surface area contributed by atoms with Crippen molar-refractivity contribution in [3.05, 3.63) is 66.2 Å². The summed E-state index contributed by atoms with van der Waals surface area (Å²) in [7, 11) is 1.55. The molecule has 30 heavy (non-hydrogen) atoms. The molecule has 1 aromatic carbocycles. The predicted molar refractivity (Wildman–Crippen MR) is 113 cm³/mol. The Labute approximate surface area is 173 Å². The maximum absolute atomic E-state index is 12.4. The predicted octanol–water partition coefficient (Wildman–Crippen LogP) is 3.43. The maximum Gasteiger partial charge on any atom is 0.317 e. The van der Waals surface area contributed by atoms with Crippen LogP contribution >= 0.6 is 0 Å². The number of nitrogens with zero attached hydrogens (tertiary/aromatic N) is 4. The van der Waals surface area contributed by atoms with Crippen molar-refractivity contribution in [3.8, 4) is 23.0 Å². The molecule has 0 aliphatic rings. The average molecular weight is 403 g/mol. The second-order valence-corrected chi connectivity index (χ2v) is 6.83. The van der Waals surface area contributed by atoms with Gasteiger partial charge in [0.2, 0.25) is 0 Å². The molecular formula is C22H21N5O3. The van der Waals surface area contributed by atoms with Gasteiger partial charge in [0.1, 0.15) is 11.4 Å². The summed E-state index contributed by atoms with van der Waals surface area (Å²) in [5.74, 6) is 0.194. The molecule has 152 valence electrons. The van der Waals surface area contributed by atoms with Crippen LogP contribution in [0.5, 0.6) is 11.8 Å². The van der Waals surface area contributed by atoms with E-state index in [0.29, 0.717) is 11.4 Å². The largest absolute Gasteiger partial charge is 0.495 e. The van der Waals surface area contributed by atoms with E-state index in [1.165, 1.54) is 0 Å². The van der Waals surface area contributed by atoms with Crippen molar-refractivity contribution < 1.29 is 14.3 Å². The van der Waals surface area contributed by atoms with Gasteiger partial charge in [-0.25, -0.2) is 15.0 Å². The number of carbonyl (C=O) groups excluding carboxylic acids is 1. The molecule has 0 bridgehead atoms. The highest BCUT2D eigenvalue weighted by molar-refractivity contribution is 5.94. The molecule has 0 aliphatic carbocycles. The van der Waals surface area contributed by atoms with Crippen molar-refractivity contribution in [1.82, 2.24) is 19.4 Å². The summed E-state index contributed by atoms with van der Waals surface area (Å²) in [6, 6.07) is 11.5. The molecule has 0 fully saturated rings. The lowest BCUT2D eigenvalue weighted by molar-refractivity contribution is -0.118. The minimum Gasteiger partial charge on any atom is -0.495 e. The number of hydrogen-bond acceptors (Lipinski definition) is 6. The Kier molecular flexibility index (Phi) is 5.30. The summed E-state index contributed by atoms with van der Waals surface area (Å²) in [5, 5.41) is 2.82. The minimum atomic E-state index is -0.346. The Bertz CT molecular complexity index is 1220. The van der Waals surface area contributed by atoms with E-state index < -0.39 is 0 Å². The molecule has 0 saturated heterocycles. The number of pyridine rings is 1. The number of amides is 1. The van der Waals surface area contributed by atoms with E-state index >= 15 is 0 Å². The number of imidazole rings is 1. The maximum atomic E-state index is 12.4. The summed E-state index contributed by atoms with van der Waals surface area (Å²) in [4.78, 5) is 25.2. The van der Waals surface area contributed by atoms with Gasteiger partial charge in [-0.3, -0.25) is 4.79 Å². The molecule has 4 aromatic rings. The number of benzene rings is 1. The number of aryl methyl sites for hydroxylation is 2. The first-order valence-corrected chi connectivity index (χ1v) is 9.38. The number of rotatable bonds is 6. The second kappa shape index (κ2) is 8.20. The number of nitrogens with one attached hydrogen (secondary N) is 1. The Morgan fingerprint density at radius 1 is 1.13 bits per heavy atom. The molecule has 8 heteroatoms. The van der Waals surface area contributed by atoms with Gasteiger partial charge in [0.25, 0.3) is 5.91 Å². The van der Waals surface area contributed by atoms with E-state index in [0.717, 1.165) is 28.2 Å². The molecule has 3 aromatic heterocycles. The third-order valence-corrected chi connectivity index (χ3v) is 4.49. The molecule has 8 nitrogen and oxygen atoms in total. The lowest BCUT2D eigenvalue weighted by atomic mass is 10.1. The standard InChI is InChI=1S/C22H21N5O3/c1-14-7-9-27-12-18(25-20(27)10-14)16-4-5-19(29-3)17(11-16)26-21(28)13-30-22-23-8-6-15(2)24-22/h4-12H,13H2,1-3H3,(H,26,28). The number of anilines is 1. The average Bonchev–Trinajstić information content (AvgIpc) is 3.15. The minimum absolute atomic E-state index is 0.158. The van der Waals surface area contributed by atoms with Crippen LogP contribution in [0.15, 0.2) is 55.0 Å². The first-order chi connectivity index (χ1) is 14.5. The molecule has 0 spiro atoms. The fourth-order valence-corrected chi connectivity index (χ4v) is 3.00. The molecule has 0 saturated carbocycles. The molecule has 1 amide bonds. The van der Waals surface area contributed by atoms with Crippen molar-refractivity contribution in [1.29, 1.82) is 0 Å². The van der Waals surface area contributed by atoms with Crippen LogP contribution in [-0.4, -0.2) is 39.0 Å². The topological polar surface area (TPSA) is 90.6 Å². The van der Waals surface area contributed by atoms with Gasteiger partial charge in [0.05, 0.1) is 18.5 Å². The normalized spacial score (nSPS) is 10.8. The van der Waals surface area contributed by atoms with Crippen molar-refractivity contribution in [2.75, 3.05) is 19.0 Å². The van der Waals surface area contributed by atoms with E-state index in [9.17, 15) is 4.79 Å². The van der Waals surface area contributed by atoms with Crippen LogP contribution in [0.1, 0.15) is 11.3 Å². The highest BCUT2D eigenvalue weighted by Crippen LogP contribution is 2.30. The van der Waals surface area contributed by atoms with Gasteiger partial charge in [0, 0.05) is 29.8 Å². The quantitative estimate of drug-likeness (QED) is 0.530. The van der Waals surface area contributed by atoms with Crippen molar-refractivity contribution in [2.45, 2.75) is 13.8 Å². The SMILES string of the molecule is COc1ccc(-c2cn3ccc(C)cc3n2)cc1NC(=O)COc1nccc(C)n1. The summed E-state index contributed by atoms with van der Waals surface area (Å²) in [6.45, 7) is 3.63. The number of methoxy groups -OCH3 is 1. The molecule has 0 aliphatic heterocycles. The van der Waals surface area contributed by atoms with Gasteiger partial charge < -0.3 is 19.2 Å². The van der Waals surface area contributed by atoms with Gasteiger partial charge in [-0.05, 0) is 55.8 Å². The first-order valence-electron chi connectivity index (χ1n) is 9.38. The number of hydrogen-bond donors (Lipinski definition) is 1. The highest BCUT2D eigenvalue weighted by Gasteiger charge is 2.13. The van der Waals surface area contributed by atoms with Gasteiger partial charge in [-0.1, -0.05) is 0 Å². The van der Waals surface area contributed by atoms with Crippen molar-refractivity contribution >= 4 is 17.2 Å². The van der Waals surface area contributed by atoms with Crippen LogP contribution in [0.3, 0.4) is 0 Å². The monoisotopic (exact) mass is 403 g/mol. The Hall–Kier alpha value is -3.94. The van der Waals surface area contributed by atoms with Crippen molar-refractivity contribution in [3.63, 3.8) is 0 Å². The van der Waals surface area contributed by atoms with Gasteiger partial charge in [-0.15, -0.1) is 0 Å². The Morgan fingerprint density at radius 3 is 2.80 bits per heavy atom. The number of ether oxygens (including phenoxy) is 2. The van der Waals surface area contributed by atoms with Crippen LogP contribution in [0.4, 0.5) is 5.69 Å². The number of carbonyl (C=O) groups is 1. The smallest absolute Gasteiger partial charge is 0.317 e. The van der Waals surface area contributed by atoms with Crippen LogP contribution in [0, 0.1) is 13.8 Å². The highest BCUT2D eigenvalue weighted by atomic mass is 16.5. The number of fused-ring (bicyclic) bond motifs is 1. The zero-order valence-electron chi connectivity index (χ0n) is 16.9. The lowest BCUT2D eigenvalue weighted by Crippen LogP contribution is -2.21. The summed E-state index contributed by atoms with van der Waals surface area (Å²) < 4.78 is 12.7. The zero-order chi connectivity index (χ0) is 21.1. The molecule has 1 N–H and O–H groups in total. The lowest BCUT2D eigenvalue weighted by Gasteiger charge is -2.12. The molecule has 0 radical (unpaired) electrons. The zero-order valence-corrected chi connectivity index (χ0v) is 16.9. The Morgan fingerprint density at radius 2 is 2.00 bits per heavy atom. The molecule has 3 heterocycles. The van der Waals surface area contributed by atoms with Gasteiger partial charge in [0.15, 0.2) is 6.61 Å². The molecule has 0 atom stereocenters. The van der Waals surface area contributed by atoms with Crippen LogP contribution < -0.4 is 14.8 Å². The van der Waals surface area contributed by atoms with Gasteiger partial charge >= 0.3 is 6.01 Å². The van der Waals surface area contributed by atoms with E-state index in [1.807, 2.05) is 54.9 Å².